The van der Waals surface area contributed by atoms with Crippen LogP contribution in [0.2, 0.25) is 0 Å². The summed E-state index contributed by atoms with van der Waals surface area (Å²) >= 11 is 0. The second-order valence-corrected chi connectivity index (χ2v) is 8.74. The number of imide groups is 1. The zero-order chi connectivity index (χ0) is 20.2. The Kier molecular flexibility index (Phi) is 4.45. The summed E-state index contributed by atoms with van der Waals surface area (Å²) in [6.45, 7) is 3.28. The molecule has 3 amide bonds. The van der Waals surface area contributed by atoms with Crippen LogP contribution in [0.25, 0.3) is 0 Å². The largest absolute Gasteiger partial charge is 0.386 e. The third-order valence-corrected chi connectivity index (χ3v) is 6.78. The molecule has 0 saturated carbocycles. The maximum Gasteiger partial charge on any atom is 0.255 e. The Labute approximate surface area is 169 Å². The Bertz CT molecular complexity index is 873. The number of aliphatic hydroxyl groups is 1. The van der Waals surface area contributed by atoms with E-state index in [9.17, 15) is 19.5 Å². The number of carbonyl (C=O) groups excluding carboxylic acids is 3. The minimum Gasteiger partial charge on any atom is -0.386 e. The number of hydrogen-bond acceptors (Lipinski definition) is 6. The van der Waals surface area contributed by atoms with Crippen molar-refractivity contribution >= 4 is 17.7 Å². The first kappa shape index (κ1) is 18.7. The van der Waals surface area contributed by atoms with Crippen LogP contribution in [0.4, 0.5) is 0 Å². The van der Waals surface area contributed by atoms with Crippen molar-refractivity contribution in [1.29, 1.82) is 0 Å². The van der Waals surface area contributed by atoms with Crippen LogP contribution < -0.4 is 10.6 Å². The van der Waals surface area contributed by atoms with Gasteiger partial charge in [0.15, 0.2) is 0 Å². The second kappa shape index (κ2) is 6.90. The van der Waals surface area contributed by atoms with Gasteiger partial charge in [-0.05, 0) is 43.0 Å². The predicted octanol–water partition coefficient (Wildman–Crippen LogP) is -0.254. The van der Waals surface area contributed by atoms with E-state index in [1.54, 1.807) is 4.90 Å². The van der Waals surface area contributed by atoms with E-state index < -0.39 is 11.6 Å². The van der Waals surface area contributed by atoms with E-state index in [1.807, 2.05) is 18.2 Å². The zero-order valence-corrected chi connectivity index (χ0v) is 16.3. The molecule has 3 N–H and O–H groups in total. The normalized spacial score (nSPS) is 29.0. The van der Waals surface area contributed by atoms with Crippen LogP contribution in [-0.2, 0) is 22.7 Å². The first-order valence-electron chi connectivity index (χ1n) is 10.4. The molecule has 1 aromatic carbocycles. The number of benzene rings is 1. The fourth-order valence-electron chi connectivity index (χ4n) is 5.24. The van der Waals surface area contributed by atoms with Gasteiger partial charge in [-0.25, -0.2) is 0 Å². The summed E-state index contributed by atoms with van der Waals surface area (Å²) in [5.74, 6) is -0.814. The van der Waals surface area contributed by atoms with E-state index in [1.165, 1.54) is 0 Å². The third-order valence-electron chi connectivity index (χ3n) is 6.78. The molecule has 4 aliphatic rings. The highest BCUT2D eigenvalue weighted by molar-refractivity contribution is 6.05. The molecule has 0 spiro atoms. The van der Waals surface area contributed by atoms with Crippen molar-refractivity contribution in [3.63, 3.8) is 0 Å². The number of nitrogens with one attached hydrogen (secondary N) is 2. The Morgan fingerprint density at radius 1 is 1.17 bits per heavy atom. The molecule has 0 aliphatic carbocycles. The van der Waals surface area contributed by atoms with Crippen LogP contribution in [0.15, 0.2) is 18.2 Å². The van der Waals surface area contributed by atoms with Crippen molar-refractivity contribution in [1.82, 2.24) is 20.4 Å². The van der Waals surface area contributed by atoms with E-state index in [-0.39, 0.29) is 30.2 Å². The quantitative estimate of drug-likeness (QED) is 0.605. The van der Waals surface area contributed by atoms with Crippen LogP contribution >= 0.6 is 0 Å². The van der Waals surface area contributed by atoms with Crippen LogP contribution in [0.1, 0.15) is 47.2 Å². The Morgan fingerprint density at radius 3 is 2.72 bits per heavy atom. The van der Waals surface area contributed by atoms with Gasteiger partial charge in [-0.2, -0.15) is 0 Å². The molecule has 3 fully saturated rings. The molecular weight excluding hydrogens is 372 g/mol. The molecule has 8 heteroatoms. The minimum absolute atomic E-state index is 0.147. The summed E-state index contributed by atoms with van der Waals surface area (Å²) in [7, 11) is 0. The first-order chi connectivity index (χ1) is 13.9. The molecular formula is C21H26N4O4. The van der Waals surface area contributed by atoms with Gasteiger partial charge < -0.3 is 15.3 Å². The van der Waals surface area contributed by atoms with Crippen LogP contribution in [0.3, 0.4) is 0 Å². The number of β-amino-alcohol motifs (C(OH)–C–C–N with tert-alkyl or cyclic N) is 1. The van der Waals surface area contributed by atoms with Crippen molar-refractivity contribution in [2.75, 3.05) is 19.6 Å². The lowest BCUT2D eigenvalue weighted by atomic mass is 9.84. The number of carbonyl (C=O) groups is 3. The Hall–Kier alpha value is -2.29. The van der Waals surface area contributed by atoms with E-state index in [0.717, 1.165) is 30.5 Å². The molecule has 2 unspecified atom stereocenters. The van der Waals surface area contributed by atoms with Crippen molar-refractivity contribution in [2.24, 2.45) is 0 Å². The van der Waals surface area contributed by atoms with Crippen molar-refractivity contribution in [2.45, 2.75) is 56.5 Å². The van der Waals surface area contributed by atoms with E-state index in [0.29, 0.717) is 38.2 Å². The molecule has 2 atom stereocenters. The fourth-order valence-corrected chi connectivity index (χ4v) is 5.24. The van der Waals surface area contributed by atoms with Gasteiger partial charge in [0.05, 0.1) is 0 Å². The van der Waals surface area contributed by atoms with Gasteiger partial charge in [-0.1, -0.05) is 12.1 Å². The van der Waals surface area contributed by atoms with Gasteiger partial charge >= 0.3 is 0 Å². The summed E-state index contributed by atoms with van der Waals surface area (Å²) in [5, 5.41) is 16.5. The van der Waals surface area contributed by atoms with E-state index in [4.69, 9.17) is 0 Å². The lowest BCUT2D eigenvalue weighted by molar-refractivity contribution is -0.137. The number of nitrogens with zero attached hydrogens (tertiary/aromatic N) is 2. The summed E-state index contributed by atoms with van der Waals surface area (Å²) in [4.78, 5) is 40.4. The zero-order valence-electron chi connectivity index (χ0n) is 16.3. The van der Waals surface area contributed by atoms with Crippen molar-refractivity contribution in [3.05, 3.63) is 34.9 Å². The Balaban J connectivity index is 1.29. The highest BCUT2D eigenvalue weighted by atomic mass is 16.3. The summed E-state index contributed by atoms with van der Waals surface area (Å²) < 4.78 is 0. The highest BCUT2D eigenvalue weighted by Crippen LogP contribution is 2.34. The minimum atomic E-state index is -0.664. The average molecular weight is 398 g/mol. The van der Waals surface area contributed by atoms with Crippen LogP contribution in [0.5, 0.6) is 0 Å². The molecule has 4 aliphatic heterocycles. The summed E-state index contributed by atoms with van der Waals surface area (Å²) in [6, 6.07) is 5.28. The van der Waals surface area contributed by atoms with Crippen molar-refractivity contribution in [3.8, 4) is 0 Å². The topological polar surface area (TPSA) is 102 Å². The van der Waals surface area contributed by atoms with Crippen LogP contribution in [0, 0.1) is 0 Å². The van der Waals surface area contributed by atoms with E-state index >= 15 is 0 Å². The fraction of sp³-hybridized carbons (Fsp3) is 0.571. The predicted molar refractivity (Wildman–Crippen MR) is 104 cm³/mol. The SMILES string of the molecule is O=C1CCC(N2Cc3c(CN4CC(O)(C5CCCN5)C4)cccc3C2=O)C(=O)N1. The molecule has 154 valence electrons. The lowest BCUT2D eigenvalue weighted by Crippen LogP contribution is -2.69. The van der Waals surface area contributed by atoms with Gasteiger partial charge in [0.25, 0.3) is 5.91 Å². The summed E-state index contributed by atoms with van der Waals surface area (Å²) in [6.07, 6.45) is 2.75. The molecule has 4 heterocycles. The third kappa shape index (κ3) is 3.15. The van der Waals surface area contributed by atoms with Crippen LogP contribution in [-0.4, -0.2) is 69.9 Å². The van der Waals surface area contributed by atoms with Crippen molar-refractivity contribution < 1.29 is 19.5 Å². The van der Waals surface area contributed by atoms with Gasteiger partial charge in [-0.15, -0.1) is 0 Å². The molecule has 29 heavy (non-hydrogen) atoms. The van der Waals surface area contributed by atoms with E-state index in [2.05, 4.69) is 15.5 Å². The van der Waals surface area contributed by atoms with Gasteiger partial charge in [0.1, 0.15) is 11.6 Å². The molecule has 3 saturated heterocycles. The van der Waals surface area contributed by atoms with Gasteiger partial charge in [-0.3, -0.25) is 24.6 Å². The maximum atomic E-state index is 12.9. The average Bonchev–Trinajstić information content (AvgIpc) is 3.30. The Morgan fingerprint density at radius 2 is 2.00 bits per heavy atom. The second-order valence-electron chi connectivity index (χ2n) is 8.74. The molecule has 5 rings (SSSR count). The molecule has 1 aromatic rings. The molecule has 8 nitrogen and oxygen atoms in total. The smallest absolute Gasteiger partial charge is 0.255 e. The molecule has 0 radical (unpaired) electrons. The monoisotopic (exact) mass is 398 g/mol. The lowest BCUT2D eigenvalue weighted by Gasteiger charge is -2.50. The number of fused-ring (bicyclic) bond motifs is 1. The first-order valence-corrected chi connectivity index (χ1v) is 10.4. The number of hydrogen-bond donors (Lipinski definition) is 3. The number of rotatable bonds is 4. The number of amides is 3. The summed E-state index contributed by atoms with van der Waals surface area (Å²) in [5.41, 5.74) is 1.99. The highest BCUT2D eigenvalue weighted by Gasteiger charge is 2.48. The maximum absolute atomic E-state index is 12.9. The number of likely N-dealkylation sites (tertiary alicyclic amines) is 1. The number of piperidine rings is 1. The standard InChI is InChI=1S/C21H26N4O4/c26-18-7-6-16(19(27)23-18)25-10-15-13(3-1-4-14(15)20(25)28)9-24-11-21(29,12-24)17-5-2-8-22-17/h1,3-4,16-17,22,29H,2,5-12H2,(H,23,26,27). The molecule has 0 bridgehead atoms. The molecule has 0 aromatic heterocycles. The van der Waals surface area contributed by atoms with Gasteiger partial charge in [0.2, 0.25) is 11.8 Å². The van der Waals surface area contributed by atoms with Gasteiger partial charge in [0, 0.05) is 44.2 Å².